The highest BCUT2D eigenvalue weighted by Gasteiger charge is 2.27. The van der Waals surface area contributed by atoms with Crippen LogP contribution in [0.4, 0.5) is 0 Å². The van der Waals surface area contributed by atoms with E-state index in [-0.39, 0.29) is 11.4 Å². The summed E-state index contributed by atoms with van der Waals surface area (Å²) in [5.41, 5.74) is 6.29. The Morgan fingerprint density at radius 3 is 2.63 bits per heavy atom. The SMILES string of the molecule is CCC(CC)(CN)NC(=O)c1csc2ccccc12. The number of hydrogen-bond acceptors (Lipinski definition) is 3. The molecule has 1 heterocycles. The predicted octanol–water partition coefficient (Wildman–Crippen LogP) is 3.15. The van der Waals surface area contributed by atoms with Gasteiger partial charge in [-0.1, -0.05) is 32.0 Å². The monoisotopic (exact) mass is 276 g/mol. The van der Waals surface area contributed by atoms with Crippen molar-refractivity contribution in [2.24, 2.45) is 5.73 Å². The molecule has 0 saturated heterocycles. The average molecular weight is 276 g/mol. The number of nitrogens with one attached hydrogen (secondary N) is 1. The minimum atomic E-state index is -0.292. The fourth-order valence-electron chi connectivity index (χ4n) is 2.23. The van der Waals surface area contributed by atoms with E-state index in [0.29, 0.717) is 6.54 Å². The van der Waals surface area contributed by atoms with Crippen LogP contribution in [0.15, 0.2) is 29.6 Å². The second kappa shape index (κ2) is 5.72. The summed E-state index contributed by atoms with van der Waals surface area (Å²) in [5.74, 6) is -0.0217. The fourth-order valence-corrected chi connectivity index (χ4v) is 3.17. The zero-order valence-corrected chi connectivity index (χ0v) is 12.2. The molecular weight excluding hydrogens is 256 g/mol. The van der Waals surface area contributed by atoms with Gasteiger partial charge in [-0.25, -0.2) is 0 Å². The van der Waals surface area contributed by atoms with E-state index < -0.39 is 0 Å². The van der Waals surface area contributed by atoms with Gasteiger partial charge in [0.05, 0.1) is 11.1 Å². The minimum absolute atomic E-state index is 0.0217. The summed E-state index contributed by atoms with van der Waals surface area (Å²) >= 11 is 1.60. The second-order valence-electron chi connectivity index (χ2n) is 4.79. The highest BCUT2D eigenvalue weighted by Crippen LogP contribution is 2.26. The van der Waals surface area contributed by atoms with Gasteiger partial charge in [-0.15, -0.1) is 11.3 Å². The van der Waals surface area contributed by atoms with Crippen LogP contribution in [0, 0.1) is 0 Å². The van der Waals surface area contributed by atoms with Gasteiger partial charge >= 0.3 is 0 Å². The number of nitrogens with two attached hydrogens (primary N) is 1. The zero-order valence-electron chi connectivity index (χ0n) is 11.4. The smallest absolute Gasteiger partial charge is 0.253 e. The van der Waals surface area contributed by atoms with E-state index in [0.717, 1.165) is 28.5 Å². The standard InChI is InChI=1S/C15H20N2OS/c1-3-15(4-2,10-16)17-14(18)12-9-19-13-8-6-5-7-11(12)13/h5-9H,3-4,10,16H2,1-2H3,(H,17,18). The van der Waals surface area contributed by atoms with Gasteiger partial charge in [0.1, 0.15) is 0 Å². The molecule has 1 aromatic heterocycles. The van der Waals surface area contributed by atoms with Crippen LogP contribution in [0.2, 0.25) is 0 Å². The van der Waals surface area contributed by atoms with Gasteiger partial charge in [0.25, 0.3) is 5.91 Å². The molecule has 3 N–H and O–H groups in total. The van der Waals surface area contributed by atoms with E-state index in [1.165, 1.54) is 0 Å². The van der Waals surface area contributed by atoms with Gasteiger partial charge in [-0.05, 0) is 18.9 Å². The molecule has 0 aliphatic carbocycles. The summed E-state index contributed by atoms with van der Waals surface area (Å²) in [6, 6.07) is 7.97. The Bertz CT molecular complexity index is 564. The van der Waals surface area contributed by atoms with E-state index in [2.05, 4.69) is 19.2 Å². The first-order valence-electron chi connectivity index (χ1n) is 6.64. The maximum Gasteiger partial charge on any atom is 0.253 e. The number of thiophene rings is 1. The summed E-state index contributed by atoms with van der Waals surface area (Å²) in [6.45, 7) is 4.58. The largest absolute Gasteiger partial charge is 0.345 e. The third-order valence-corrected chi connectivity index (χ3v) is 4.81. The number of rotatable bonds is 5. The van der Waals surface area contributed by atoms with Gasteiger partial charge in [0.15, 0.2) is 0 Å². The number of amides is 1. The molecule has 0 fully saturated rings. The van der Waals surface area contributed by atoms with Crippen LogP contribution in [0.3, 0.4) is 0 Å². The first kappa shape index (κ1) is 14.0. The normalized spacial score (nSPS) is 11.7. The van der Waals surface area contributed by atoms with Crippen LogP contribution in [0.5, 0.6) is 0 Å². The van der Waals surface area contributed by atoms with Crippen molar-refractivity contribution in [1.29, 1.82) is 0 Å². The van der Waals surface area contributed by atoms with Crippen LogP contribution < -0.4 is 11.1 Å². The van der Waals surface area contributed by atoms with Crippen LogP contribution in [-0.4, -0.2) is 18.0 Å². The Morgan fingerprint density at radius 1 is 1.32 bits per heavy atom. The summed E-state index contributed by atoms with van der Waals surface area (Å²) in [5, 5.41) is 6.06. The van der Waals surface area contributed by atoms with Crippen molar-refractivity contribution in [3.63, 3.8) is 0 Å². The molecule has 2 aromatic rings. The molecule has 0 atom stereocenters. The quantitative estimate of drug-likeness (QED) is 0.881. The molecule has 0 bridgehead atoms. The Balaban J connectivity index is 2.29. The van der Waals surface area contributed by atoms with Crippen molar-refractivity contribution in [3.8, 4) is 0 Å². The summed E-state index contributed by atoms with van der Waals surface area (Å²) in [7, 11) is 0. The fraction of sp³-hybridized carbons (Fsp3) is 0.400. The molecule has 1 amide bonds. The number of carbonyl (C=O) groups is 1. The first-order valence-corrected chi connectivity index (χ1v) is 7.52. The lowest BCUT2D eigenvalue weighted by atomic mass is 9.92. The molecule has 0 aliphatic rings. The van der Waals surface area contributed by atoms with Crippen molar-refractivity contribution in [3.05, 3.63) is 35.2 Å². The van der Waals surface area contributed by atoms with E-state index >= 15 is 0 Å². The van der Waals surface area contributed by atoms with Crippen molar-refractivity contribution in [2.45, 2.75) is 32.2 Å². The van der Waals surface area contributed by atoms with Crippen LogP contribution in [0.25, 0.3) is 10.1 Å². The molecular formula is C15H20N2OS. The predicted molar refractivity (Wildman–Crippen MR) is 81.7 cm³/mol. The van der Waals surface area contributed by atoms with Crippen LogP contribution in [0.1, 0.15) is 37.0 Å². The molecule has 0 radical (unpaired) electrons. The van der Waals surface area contributed by atoms with Crippen molar-refractivity contribution in [2.75, 3.05) is 6.54 Å². The average Bonchev–Trinajstić information content (AvgIpc) is 2.89. The number of carbonyl (C=O) groups excluding carboxylic acids is 1. The highest BCUT2D eigenvalue weighted by molar-refractivity contribution is 7.17. The van der Waals surface area contributed by atoms with E-state index in [1.807, 2.05) is 29.6 Å². The summed E-state index contributed by atoms with van der Waals surface area (Å²) < 4.78 is 1.14. The van der Waals surface area contributed by atoms with Gasteiger partial charge < -0.3 is 11.1 Å². The van der Waals surface area contributed by atoms with Crippen molar-refractivity contribution < 1.29 is 4.79 Å². The van der Waals surface area contributed by atoms with Gasteiger partial charge in [0, 0.05) is 22.0 Å². The molecule has 4 heteroatoms. The Labute approximate surface area is 117 Å². The summed E-state index contributed by atoms with van der Waals surface area (Å²) in [4.78, 5) is 12.5. The molecule has 3 nitrogen and oxygen atoms in total. The molecule has 0 saturated carbocycles. The van der Waals surface area contributed by atoms with Gasteiger partial charge in [-0.3, -0.25) is 4.79 Å². The van der Waals surface area contributed by atoms with E-state index in [9.17, 15) is 4.79 Å². The summed E-state index contributed by atoms with van der Waals surface area (Å²) in [6.07, 6.45) is 1.68. The Morgan fingerprint density at radius 2 is 2.00 bits per heavy atom. The van der Waals surface area contributed by atoms with E-state index in [1.54, 1.807) is 11.3 Å². The van der Waals surface area contributed by atoms with E-state index in [4.69, 9.17) is 5.73 Å². The lowest BCUT2D eigenvalue weighted by molar-refractivity contribution is 0.0897. The topological polar surface area (TPSA) is 55.1 Å². The molecule has 0 spiro atoms. The Hall–Kier alpha value is -1.39. The van der Waals surface area contributed by atoms with Crippen LogP contribution in [-0.2, 0) is 0 Å². The first-order chi connectivity index (χ1) is 9.15. The molecule has 2 rings (SSSR count). The van der Waals surface area contributed by atoms with Crippen molar-refractivity contribution >= 4 is 27.3 Å². The lowest BCUT2D eigenvalue weighted by Gasteiger charge is -2.31. The van der Waals surface area contributed by atoms with Crippen molar-refractivity contribution in [1.82, 2.24) is 5.32 Å². The number of fused-ring (bicyclic) bond motifs is 1. The van der Waals surface area contributed by atoms with Crippen LogP contribution >= 0.6 is 11.3 Å². The maximum absolute atomic E-state index is 12.5. The minimum Gasteiger partial charge on any atom is -0.345 e. The molecule has 0 aliphatic heterocycles. The zero-order chi connectivity index (χ0) is 13.9. The molecule has 102 valence electrons. The third kappa shape index (κ3) is 2.65. The second-order valence-corrected chi connectivity index (χ2v) is 5.70. The number of benzene rings is 1. The third-order valence-electron chi connectivity index (χ3n) is 3.85. The Kier molecular flexibility index (Phi) is 4.22. The lowest BCUT2D eigenvalue weighted by Crippen LogP contribution is -2.52. The highest BCUT2D eigenvalue weighted by atomic mass is 32.1. The van der Waals surface area contributed by atoms with Gasteiger partial charge in [-0.2, -0.15) is 0 Å². The molecule has 1 aromatic carbocycles. The van der Waals surface area contributed by atoms with Gasteiger partial charge in [0.2, 0.25) is 0 Å². The molecule has 0 unspecified atom stereocenters. The molecule has 19 heavy (non-hydrogen) atoms. The maximum atomic E-state index is 12.5. The number of hydrogen-bond donors (Lipinski definition) is 2.